The van der Waals surface area contributed by atoms with Gasteiger partial charge < -0.3 is 19.5 Å². The van der Waals surface area contributed by atoms with Crippen molar-refractivity contribution in [2.24, 2.45) is 5.92 Å². The average Bonchev–Trinajstić information content (AvgIpc) is 3.31. The van der Waals surface area contributed by atoms with Crippen LogP contribution in [-0.2, 0) is 4.79 Å². The number of hydrogen-bond donors (Lipinski definition) is 1. The van der Waals surface area contributed by atoms with Crippen LogP contribution >= 0.6 is 11.6 Å². The third-order valence-electron chi connectivity index (χ3n) is 7.32. The number of rotatable bonds is 4. The Bertz CT molecular complexity index is 1180. The van der Waals surface area contributed by atoms with Crippen molar-refractivity contribution in [2.45, 2.75) is 31.6 Å². The Morgan fingerprint density at radius 2 is 1.76 bits per heavy atom. The van der Waals surface area contributed by atoms with Crippen LogP contribution in [-0.4, -0.2) is 59.9 Å². The molecule has 2 aliphatic rings. The molecule has 2 aliphatic heterocycles. The standard InChI is InChI=1S/C27H30ClN3O3/c1-34-22-8-9-25-23(15-22)24(16-29-25)18-10-13-30(14-11-18)27(33)20-3-2-12-31(17-20)26(32)19-4-6-21(28)7-5-19/h4-9,15-16,18,20,29H,2-3,10-14,17H2,1H3. The molecule has 1 atom stereocenters. The zero-order valence-electron chi connectivity index (χ0n) is 19.4. The third kappa shape index (κ3) is 4.51. The molecular formula is C27H30ClN3O3. The Balaban J connectivity index is 1.21. The first-order valence-corrected chi connectivity index (χ1v) is 12.4. The minimum atomic E-state index is -0.126. The zero-order chi connectivity index (χ0) is 23.7. The second-order valence-electron chi connectivity index (χ2n) is 9.35. The number of fused-ring (bicyclic) bond motifs is 1. The number of halogens is 1. The van der Waals surface area contributed by atoms with E-state index in [1.807, 2.05) is 15.9 Å². The molecule has 34 heavy (non-hydrogen) atoms. The van der Waals surface area contributed by atoms with E-state index < -0.39 is 0 Å². The van der Waals surface area contributed by atoms with Crippen LogP contribution in [0.4, 0.5) is 0 Å². The number of methoxy groups -OCH3 is 1. The van der Waals surface area contributed by atoms with Gasteiger partial charge in [-0.3, -0.25) is 9.59 Å². The molecule has 3 heterocycles. The van der Waals surface area contributed by atoms with E-state index in [1.54, 1.807) is 31.4 Å². The van der Waals surface area contributed by atoms with Crippen LogP contribution in [0.3, 0.4) is 0 Å². The highest BCUT2D eigenvalue weighted by molar-refractivity contribution is 6.30. The van der Waals surface area contributed by atoms with Crippen LogP contribution < -0.4 is 4.74 Å². The van der Waals surface area contributed by atoms with Crippen molar-refractivity contribution in [3.05, 3.63) is 64.8 Å². The first kappa shape index (κ1) is 22.8. The van der Waals surface area contributed by atoms with E-state index in [4.69, 9.17) is 16.3 Å². The molecule has 6 nitrogen and oxygen atoms in total. The van der Waals surface area contributed by atoms with Crippen molar-refractivity contribution >= 4 is 34.3 Å². The number of carbonyl (C=O) groups excluding carboxylic acids is 2. The fourth-order valence-electron chi connectivity index (χ4n) is 5.39. The number of piperidine rings is 2. The predicted octanol–water partition coefficient (Wildman–Crippen LogP) is 5.09. The summed E-state index contributed by atoms with van der Waals surface area (Å²) in [5, 5.41) is 1.81. The van der Waals surface area contributed by atoms with Crippen LogP contribution in [0.25, 0.3) is 10.9 Å². The van der Waals surface area contributed by atoms with Crippen molar-refractivity contribution in [2.75, 3.05) is 33.3 Å². The molecule has 1 aromatic heterocycles. The quantitative estimate of drug-likeness (QED) is 0.567. The molecule has 2 fully saturated rings. The molecule has 0 aliphatic carbocycles. The Hall–Kier alpha value is -2.99. The topological polar surface area (TPSA) is 65.6 Å². The van der Waals surface area contributed by atoms with Gasteiger partial charge >= 0.3 is 0 Å². The number of hydrogen-bond acceptors (Lipinski definition) is 3. The Labute approximate surface area is 204 Å². The molecule has 0 radical (unpaired) electrons. The highest BCUT2D eigenvalue weighted by Crippen LogP contribution is 2.35. The van der Waals surface area contributed by atoms with Gasteiger partial charge in [0.25, 0.3) is 5.91 Å². The van der Waals surface area contributed by atoms with E-state index in [9.17, 15) is 9.59 Å². The highest BCUT2D eigenvalue weighted by Gasteiger charge is 2.33. The van der Waals surface area contributed by atoms with Gasteiger partial charge in [0.05, 0.1) is 13.0 Å². The molecular weight excluding hydrogens is 450 g/mol. The SMILES string of the molecule is COc1ccc2[nH]cc(C3CCN(C(=O)C4CCCN(C(=O)c5ccc(Cl)cc5)C4)CC3)c2c1. The molecule has 0 bridgehead atoms. The molecule has 2 aromatic carbocycles. The van der Waals surface area contributed by atoms with Gasteiger partial charge in [-0.1, -0.05) is 11.6 Å². The number of H-pyrrole nitrogens is 1. The minimum Gasteiger partial charge on any atom is -0.497 e. The number of aromatic amines is 1. The summed E-state index contributed by atoms with van der Waals surface area (Å²) in [5.41, 5.74) is 3.04. The van der Waals surface area contributed by atoms with Gasteiger partial charge in [-0.05, 0) is 79.6 Å². The van der Waals surface area contributed by atoms with Crippen molar-refractivity contribution in [3.8, 4) is 5.75 Å². The van der Waals surface area contributed by atoms with Crippen molar-refractivity contribution in [3.63, 3.8) is 0 Å². The number of carbonyl (C=O) groups is 2. The normalized spacial score (nSPS) is 19.4. The maximum atomic E-state index is 13.3. The lowest BCUT2D eigenvalue weighted by Gasteiger charge is -2.38. The number of aromatic nitrogens is 1. The summed E-state index contributed by atoms with van der Waals surface area (Å²) in [6.07, 6.45) is 5.68. The van der Waals surface area contributed by atoms with Crippen molar-refractivity contribution in [1.29, 1.82) is 0 Å². The maximum absolute atomic E-state index is 13.3. The summed E-state index contributed by atoms with van der Waals surface area (Å²) >= 11 is 5.96. The van der Waals surface area contributed by atoms with E-state index >= 15 is 0 Å². The molecule has 0 saturated carbocycles. The molecule has 0 spiro atoms. The van der Waals surface area contributed by atoms with Gasteiger partial charge in [-0.2, -0.15) is 0 Å². The number of nitrogens with one attached hydrogen (secondary N) is 1. The first-order valence-electron chi connectivity index (χ1n) is 12.0. The van der Waals surface area contributed by atoms with Crippen LogP contribution in [0.1, 0.15) is 47.5 Å². The molecule has 1 N–H and O–H groups in total. The fraction of sp³-hybridized carbons (Fsp3) is 0.407. The summed E-state index contributed by atoms with van der Waals surface area (Å²) in [4.78, 5) is 33.5. The summed E-state index contributed by atoms with van der Waals surface area (Å²) in [7, 11) is 1.69. The van der Waals surface area contributed by atoms with Gasteiger partial charge in [-0.15, -0.1) is 0 Å². The largest absolute Gasteiger partial charge is 0.497 e. The number of nitrogens with zero attached hydrogens (tertiary/aromatic N) is 2. The van der Waals surface area contributed by atoms with Crippen molar-refractivity contribution < 1.29 is 14.3 Å². The van der Waals surface area contributed by atoms with Crippen LogP contribution in [0.2, 0.25) is 5.02 Å². The lowest BCUT2D eigenvalue weighted by molar-refractivity contribution is -0.138. The molecule has 2 saturated heterocycles. The van der Waals surface area contributed by atoms with Crippen LogP contribution in [0, 0.1) is 5.92 Å². The smallest absolute Gasteiger partial charge is 0.253 e. The fourth-order valence-corrected chi connectivity index (χ4v) is 5.52. The Morgan fingerprint density at radius 3 is 2.50 bits per heavy atom. The Morgan fingerprint density at radius 1 is 1.00 bits per heavy atom. The van der Waals surface area contributed by atoms with Gasteiger partial charge in [0.15, 0.2) is 0 Å². The Kier molecular flexibility index (Phi) is 6.50. The van der Waals surface area contributed by atoms with Gasteiger partial charge in [0.2, 0.25) is 5.91 Å². The summed E-state index contributed by atoms with van der Waals surface area (Å²) in [6.45, 7) is 2.68. The third-order valence-corrected chi connectivity index (χ3v) is 7.57. The molecule has 1 unspecified atom stereocenters. The summed E-state index contributed by atoms with van der Waals surface area (Å²) < 4.78 is 5.41. The highest BCUT2D eigenvalue weighted by atomic mass is 35.5. The second kappa shape index (κ2) is 9.71. The molecule has 178 valence electrons. The van der Waals surface area contributed by atoms with Gasteiger partial charge in [0, 0.05) is 53.9 Å². The summed E-state index contributed by atoms with van der Waals surface area (Å²) in [6, 6.07) is 13.1. The molecule has 3 aromatic rings. The second-order valence-corrected chi connectivity index (χ2v) is 9.79. The number of benzene rings is 2. The van der Waals surface area contributed by atoms with Crippen LogP contribution in [0.15, 0.2) is 48.7 Å². The average molecular weight is 480 g/mol. The molecule has 7 heteroatoms. The number of likely N-dealkylation sites (tertiary alicyclic amines) is 2. The number of ether oxygens (including phenoxy) is 1. The predicted molar refractivity (Wildman–Crippen MR) is 133 cm³/mol. The zero-order valence-corrected chi connectivity index (χ0v) is 20.2. The van der Waals surface area contributed by atoms with E-state index in [2.05, 4.69) is 23.3 Å². The van der Waals surface area contributed by atoms with E-state index in [0.29, 0.717) is 29.6 Å². The lowest BCUT2D eigenvalue weighted by Crippen LogP contribution is -2.48. The molecule has 5 rings (SSSR count). The monoisotopic (exact) mass is 479 g/mol. The minimum absolute atomic E-state index is 0.0253. The van der Waals surface area contributed by atoms with E-state index in [1.165, 1.54) is 10.9 Å². The van der Waals surface area contributed by atoms with E-state index in [-0.39, 0.29) is 17.7 Å². The van der Waals surface area contributed by atoms with Gasteiger partial charge in [0.1, 0.15) is 5.75 Å². The van der Waals surface area contributed by atoms with E-state index in [0.717, 1.165) is 50.0 Å². The first-order chi connectivity index (χ1) is 16.5. The maximum Gasteiger partial charge on any atom is 0.253 e. The lowest BCUT2D eigenvalue weighted by atomic mass is 9.88. The number of amides is 2. The summed E-state index contributed by atoms with van der Waals surface area (Å²) in [5.74, 6) is 1.31. The van der Waals surface area contributed by atoms with Gasteiger partial charge in [-0.25, -0.2) is 0 Å². The van der Waals surface area contributed by atoms with Crippen molar-refractivity contribution in [1.82, 2.24) is 14.8 Å². The van der Waals surface area contributed by atoms with Crippen LogP contribution in [0.5, 0.6) is 5.75 Å². The molecule has 2 amide bonds.